The molecule has 7 nitrogen and oxygen atoms in total. The van der Waals surface area contributed by atoms with Gasteiger partial charge in [0.1, 0.15) is 11.5 Å². The highest BCUT2D eigenvalue weighted by Gasteiger charge is 2.42. The zero-order valence-corrected chi connectivity index (χ0v) is 9.95. The van der Waals surface area contributed by atoms with Crippen LogP contribution in [0, 0.1) is 11.8 Å². The summed E-state index contributed by atoms with van der Waals surface area (Å²) < 4.78 is 2.00. The Hall–Kier alpha value is -1.60. The number of imidazole rings is 1. The van der Waals surface area contributed by atoms with E-state index in [1.54, 1.807) is 6.33 Å². The van der Waals surface area contributed by atoms with E-state index in [4.69, 9.17) is 5.73 Å². The van der Waals surface area contributed by atoms with Crippen LogP contribution < -0.4 is 11.1 Å². The van der Waals surface area contributed by atoms with Gasteiger partial charge in [0.2, 0.25) is 0 Å². The number of hydrogen-bond acceptors (Lipinski definition) is 6. The lowest BCUT2D eigenvalue weighted by Crippen LogP contribution is -2.43. The molecule has 5 N–H and O–H groups in total. The topological polar surface area (TPSA) is 109 Å². The van der Waals surface area contributed by atoms with Gasteiger partial charge in [-0.3, -0.25) is 0 Å². The van der Waals surface area contributed by atoms with Gasteiger partial charge in [-0.05, 0) is 12.3 Å². The van der Waals surface area contributed by atoms with Crippen LogP contribution in [-0.2, 0) is 6.54 Å². The standard InChI is InChI=1S/C11H17N5O2/c12-11-13-2-8-10(15-11)16(5-14-8)9-1-6(3-17)7(9)4-18/h5-7,9,17-18H,1-4H2,(H3,12,13,15). The van der Waals surface area contributed by atoms with E-state index in [2.05, 4.69) is 15.3 Å². The summed E-state index contributed by atoms with van der Waals surface area (Å²) in [5.74, 6) is 1.51. The van der Waals surface area contributed by atoms with E-state index in [1.165, 1.54) is 0 Å². The normalized spacial score (nSPS) is 30.1. The first-order valence-electron chi connectivity index (χ1n) is 6.09. The molecular weight excluding hydrogens is 234 g/mol. The SMILES string of the molecule is NC1=NCc2ncn(C3CC(CO)C3CO)c2N1. The molecule has 0 spiro atoms. The molecule has 1 aliphatic carbocycles. The Morgan fingerprint density at radius 3 is 3.00 bits per heavy atom. The predicted octanol–water partition coefficient (Wildman–Crippen LogP) is -0.715. The molecule has 0 radical (unpaired) electrons. The molecule has 1 saturated carbocycles. The number of fused-ring (bicyclic) bond motifs is 1. The molecule has 1 fully saturated rings. The van der Waals surface area contributed by atoms with Crippen molar-refractivity contribution >= 4 is 11.8 Å². The van der Waals surface area contributed by atoms with E-state index in [0.717, 1.165) is 17.9 Å². The van der Waals surface area contributed by atoms with Gasteiger partial charge in [-0.1, -0.05) is 0 Å². The Balaban J connectivity index is 1.85. The Morgan fingerprint density at radius 2 is 2.28 bits per heavy atom. The van der Waals surface area contributed by atoms with Crippen LogP contribution in [0.2, 0.25) is 0 Å². The summed E-state index contributed by atoms with van der Waals surface area (Å²) in [5, 5.41) is 21.6. The lowest BCUT2D eigenvalue weighted by Gasteiger charge is -2.44. The van der Waals surface area contributed by atoms with Crippen LogP contribution in [0.5, 0.6) is 0 Å². The molecule has 1 aliphatic heterocycles. The van der Waals surface area contributed by atoms with Gasteiger partial charge in [0, 0.05) is 25.2 Å². The van der Waals surface area contributed by atoms with Gasteiger partial charge in [-0.2, -0.15) is 0 Å². The Bertz CT molecular complexity index is 484. The molecule has 3 rings (SSSR count). The van der Waals surface area contributed by atoms with Crippen LogP contribution in [0.1, 0.15) is 18.2 Å². The number of hydrogen-bond donors (Lipinski definition) is 4. The first-order valence-corrected chi connectivity index (χ1v) is 6.09. The molecule has 0 amide bonds. The van der Waals surface area contributed by atoms with Crippen molar-refractivity contribution in [3.8, 4) is 0 Å². The molecular formula is C11H17N5O2. The van der Waals surface area contributed by atoms with Gasteiger partial charge in [0.05, 0.1) is 12.9 Å². The van der Waals surface area contributed by atoms with E-state index in [-0.39, 0.29) is 31.1 Å². The van der Waals surface area contributed by atoms with E-state index in [9.17, 15) is 10.2 Å². The number of aromatic nitrogens is 2. The lowest BCUT2D eigenvalue weighted by molar-refractivity contribution is -0.00592. The fraction of sp³-hybridized carbons (Fsp3) is 0.636. The first kappa shape index (κ1) is 11.5. The third-order valence-corrected chi connectivity index (χ3v) is 3.96. The van der Waals surface area contributed by atoms with E-state index >= 15 is 0 Å². The number of nitrogens with one attached hydrogen (secondary N) is 1. The smallest absolute Gasteiger partial charge is 0.194 e. The second-order valence-electron chi connectivity index (χ2n) is 4.87. The zero-order chi connectivity index (χ0) is 12.7. The van der Waals surface area contributed by atoms with Gasteiger partial charge < -0.3 is 25.8 Å². The number of aliphatic imine (C=N–C) groups is 1. The highest BCUT2D eigenvalue weighted by atomic mass is 16.3. The molecule has 2 heterocycles. The first-order chi connectivity index (χ1) is 8.74. The van der Waals surface area contributed by atoms with Crippen LogP contribution in [0.4, 0.5) is 5.82 Å². The van der Waals surface area contributed by atoms with Gasteiger partial charge in [-0.15, -0.1) is 0 Å². The summed E-state index contributed by atoms with van der Waals surface area (Å²) in [7, 11) is 0. The van der Waals surface area contributed by atoms with Crippen molar-refractivity contribution in [2.24, 2.45) is 22.6 Å². The summed E-state index contributed by atoms with van der Waals surface area (Å²) in [6, 6.07) is 0.168. The molecule has 7 heteroatoms. The Kier molecular flexibility index (Phi) is 2.71. The van der Waals surface area contributed by atoms with E-state index in [0.29, 0.717) is 12.5 Å². The minimum absolute atomic E-state index is 0.0758. The van der Waals surface area contributed by atoms with Crippen LogP contribution in [-0.4, -0.2) is 38.9 Å². The number of nitrogens with two attached hydrogens (primary N) is 1. The fourth-order valence-electron chi connectivity index (χ4n) is 2.80. The van der Waals surface area contributed by atoms with Crippen LogP contribution in [0.25, 0.3) is 0 Å². The average Bonchev–Trinajstić information content (AvgIpc) is 2.72. The number of anilines is 1. The van der Waals surface area contributed by atoms with Gasteiger partial charge in [0.15, 0.2) is 5.96 Å². The van der Waals surface area contributed by atoms with Gasteiger partial charge in [0.25, 0.3) is 0 Å². The number of nitrogens with zero attached hydrogens (tertiary/aromatic N) is 3. The van der Waals surface area contributed by atoms with Crippen molar-refractivity contribution in [1.82, 2.24) is 9.55 Å². The Labute approximate surface area is 104 Å². The van der Waals surface area contributed by atoms with Crippen LogP contribution in [0.15, 0.2) is 11.3 Å². The number of rotatable bonds is 3. The third-order valence-electron chi connectivity index (χ3n) is 3.96. The summed E-state index contributed by atoms with van der Waals surface area (Å²) in [5.41, 5.74) is 6.54. The molecule has 98 valence electrons. The highest BCUT2D eigenvalue weighted by molar-refractivity contribution is 5.93. The maximum absolute atomic E-state index is 9.40. The molecule has 0 saturated heterocycles. The average molecular weight is 251 g/mol. The number of guanidine groups is 1. The van der Waals surface area contributed by atoms with Crippen molar-refractivity contribution in [2.75, 3.05) is 18.5 Å². The lowest BCUT2D eigenvalue weighted by atomic mass is 9.70. The summed E-state index contributed by atoms with van der Waals surface area (Å²) >= 11 is 0. The van der Waals surface area contributed by atoms with Crippen LogP contribution in [0.3, 0.4) is 0 Å². The van der Waals surface area contributed by atoms with Crippen molar-refractivity contribution in [1.29, 1.82) is 0 Å². The Morgan fingerprint density at radius 1 is 1.44 bits per heavy atom. The van der Waals surface area contributed by atoms with Gasteiger partial charge in [-0.25, -0.2) is 9.98 Å². The summed E-state index contributed by atoms with van der Waals surface area (Å²) in [4.78, 5) is 8.38. The quantitative estimate of drug-likeness (QED) is 0.567. The minimum atomic E-state index is 0.0758. The number of aliphatic hydroxyl groups excluding tert-OH is 2. The largest absolute Gasteiger partial charge is 0.396 e. The summed E-state index contributed by atoms with van der Waals surface area (Å²) in [6.07, 6.45) is 2.61. The van der Waals surface area contributed by atoms with Crippen molar-refractivity contribution in [3.63, 3.8) is 0 Å². The minimum Gasteiger partial charge on any atom is -0.396 e. The maximum Gasteiger partial charge on any atom is 0.194 e. The third kappa shape index (κ3) is 1.58. The van der Waals surface area contributed by atoms with E-state index in [1.807, 2.05) is 4.57 Å². The monoisotopic (exact) mass is 251 g/mol. The maximum atomic E-state index is 9.40. The molecule has 2 aliphatic rings. The van der Waals surface area contributed by atoms with E-state index < -0.39 is 0 Å². The molecule has 0 aromatic carbocycles. The molecule has 1 aromatic rings. The van der Waals surface area contributed by atoms with Crippen LogP contribution >= 0.6 is 0 Å². The second kappa shape index (κ2) is 4.25. The highest BCUT2D eigenvalue weighted by Crippen LogP contribution is 2.45. The molecule has 3 atom stereocenters. The molecule has 1 aromatic heterocycles. The molecule has 18 heavy (non-hydrogen) atoms. The fourth-order valence-corrected chi connectivity index (χ4v) is 2.80. The van der Waals surface area contributed by atoms with Crippen molar-refractivity contribution in [2.45, 2.75) is 19.0 Å². The molecule has 3 unspecified atom stereocenters. The summed E-state index contributed by atoms with van der Waals surface area (Å²) in [6.45, 7) is 0.684. The number of aliphatic hydroxyl groups is 2. The predicted molar refractivity (Wildman–Crippen MR) is 66.0 cm³/mol. The molecule has 0 bridgehead atoms. The zero-order valence-electron chi connectivity index (χ0n) is 9.95. The van der Waals surface area contributed by atoms with Crippen molar-refractivity contribution in [3.05, 3.63) is 12.0 Å². The van der Waals surface area contributed by atoms with Crippen molar-refractivity contribution < 1.29 is 10.2 Å². The second-order valence-corrected chi connectivity index (χ2v) is 4.87. The van der Waals surface area contributed by atoms with Gasteiger partial charge >= 0.3 is 0 Å².